The molecule has 4 nitrogen and oxygen atoms in total. The van der Waals surface area contributed by atoms with Crippen LogP contribution in [0.4, 0.5) is 32.0 Å². The van der Waals surface area contributed by atoms with E-state index in [4.69, 9.17) is 0 Å². The Hall–Kier alpha value is -3.04. The highest BCUT2D eigenvalue weighted by Gasteiger charge is 2.44. The number of carbonyl (C=O) groups is 2. The van der Waals surface area contributed by atoms with Crippen molar-refractivity contribution in [3.8, 4) is 0 Å². The lowest BCUT2D eigenvalue weighted by molar-refractivity contribution is -0.148. The van der Waals surface area contributed by atoms with Gasteiger partial charge >= 0.3 is 12.1 Å². The summed E-state index contributed by atoms with van der Waals surface area (Å²) in [6, 6.07) is 8.58. The van der Waals surface area contributed by atoms with Crippen LogP contribution in [0, 0.1) is 17.7 Å². The highest BCUT2D eigenvalue weighted by molar-refractivity contribution is 5.95. The number of hydrogen-bond donors (Lipinski definition) is 2. The maximum Gasteiger partial charge on any atom is 0.416 e. The Morgan fingerprint density at radius 2 is 1.64 bits per heavy atom. The smallest absolute Gasteiger partial charge is 0.416 e. The summed E-state index contributed by atoms with van der Waals surface area (Å²) >= 11 is 0. The molecule has 2 saturated carbocycles. The lowest BCUT2D eigenvalue weighted by atomic mass is 9.69. The van der Waals surface area contributed by atoms with Crippen LogP contribution in [0.1, 0.15) is 67.1 Å². The molecule has 2 aliphatic rings. The first kappa shape index (κ1) is 26.0. The molecule has 4 atom stereocenters. The van der Waals surface area contributed by atoms with E-state index in [2.05, 4.69) is 5.32 Å². The zero-order chi connectivity index (χ0) is 26.3. The van der Waals surface area contributed by atoms with Gasteiger partial charge in [0.25, 0.3) is 0 Å². The predicted octanol–water partition coefficient (Wildman–Crippen LogP) is 6.97. The quantitative estimate of drug-likeness (QED) is 0.425. The molecule has 0 saturated heterocycles. The van der Waals surface area contributed by atoms with Crippen molar-refractivity contribution >= 4 is 17.6 Å². The molecule has 0 unspecified atom stereocenters. The van der Waals surface area contributed by atoms with Crippen molar-refractivity contribution in [2.75, 3.05) is 5.32 Å². The molecule has 0 aliphatic heterocycles. The van der Waals surface area contributed by atoms with Gasteiger partial charge in [0.1, 0.15) is 5.82 Å². The molecular formula is C26H25F6NO3. The molecule has 194 valence electrons. The van der Waals surface area contributed by atoms with Gasteiger partial charge in [-0.2, -0.15) is 13.2 Å². The fraction of sp³-hybridized carbons (Fsp3) is 0.462. The van der Waals surface area contributed by atoms with Gasteiger partial charge in [0.2, 0.25) is 11.8 Å². The van der Waals surface area contributed by atoms with E-state index in [1.54, 1.807) is 24.3 Å². The summed E-state index contributed by atoms with van der Waals surface area (Å²) in [6.07, 6.45) is -3.56. The van der Waals surface area contributed by atoms with E-state index in [1.807, 2.05) is 0 Å². The van der Waals surface area contributed by atoms with Gasteiger partial charge in [-0.1, -0.05) is 30.7 Å². The number of carbonyl (C=O) groups excluding carboxylic acids is 1. The SMILES string of the molecule is O=C(O)[C@@H]1[C@@H](c2ccc([C@H]3CCC(F)(F)C3)cc2)CCC[C@H]1C(=O)Nc1ccc(C(F)(F)F)cc1F. The van der Waals surface area contributed by atoms with Gasteiger partial charge in [-0.05, 0) is 60.4 Å². The van der Waals surface area contributed by atoms with Gasteiger partial charge in [0.05, 0.1) is 23.1 Å². The Labute approximate surface area is 203 Å². The third-order valence-corrected chi connectivity index (χ3v) is 7.31. The lowest BCUT2D eigenvalue weighted by Gasteiger charge is -2.35. The number of anilines is 1. The summed E-state index contributed by atoms with van der Waals surface area (Å²) in [5.41, 5.74) is -0.249. The average Bonchev–Trinajstić information content (AvgIpc) is 3.18. The van der Waals surface area contributed by atoms with Gasteiger partial charge in [-0.25, -0.2) is 13.2 Å². The van der Waals surface area contributed by atoms with Crippen LogP contribution < -0.4 is 5.32 Å². The molecule has 2 aromatic rings. The van der Waals surface area contributed by atoms with E-state index < -0.39 is 58.8 Å². The Morgan fingerprint density at radius 3 is 2.19 bits per heavy atom. The average molecular weight is 513 g/mol. The van der Waals surface area contributed by atoms with E-state index in [-0.39, 0.29) is 31.2 Å². The molecule has 1 amide bonds. The summed E-state index contributed by atoms with van der Waals surface area (Å²) < 4.78 is 79.8. The highest BCUT2D eigenvalue weighted by atomic mass is 19.4. The Kier molecular flexibility index (Phi) is 7.07. The second kappa shape index (κ2) is 9.78. The molecule has 0 aromatic heterocycles. The van der Waals surface area contributed by atoms with E-state index in [0.717, 1.165) is 11.6 Å². The second-order valence-corrected chi connectivity index (χ2v) is 9.65. The van der Waals surface area contributed by atoms with Gasteiger partial charge in [-0.15, -0.1) is 0 Å². The van der Waals surface area contributed by atoms with Crippen molar-refractivity contribution in [3.63, 3.8) is 0 Å². The Morgan fingerprint density at radius 1 is 0.972 bits per heavy atom. The van der Waals surface area contributed by atoms with Crippen LogP contribution in [-0.2, 0) is 15.8 Å². The fourth-order valence-electron chi connectivity index (χ4n) is 5.48. The number of halogens is 6. The molecule has 0 spiro atoms. The van der Waals surface area contributed by atoms with Crippen LogP contribution in [0.15, 0.2) is 42.5 Å². The molecular weight excluding hydrogens is 488 g/mol. The summed E-state index contributed by atoms with van der Waals surface area (Å²) in [4.78, 5) is 25.2. The maximum atomic E-state index is 14.2. The second-order valence-electron chi connectivity index (χ2n) is 9.65. The lowest BCUT2D eigenvalue weighted by Crippen LogP contribution is -2.40. The van der Waals surface area contributed by atoms with E-state index >= 15 is 0 Å². The number of aliphatic carboxylic acids is 1. The number of alkyl halides is 5. The topological polar surface area (TPSA) is 66.4 Å². The Balaban J connectivity index is 1.51. The van der Waals surface area contributed by atoms with Crippen LogP contribution in [-0.4, -0.2) is 22.9 Å². The van der Waals surface area contributed by atoms with Crippen LogP contribution in [0.5, 0.6) is 0 Å². The summed E-state index contributed by atoms with van der Waals surface area (Å²) in [7, 11) is 0. The van der Waals surface area contributed by atoms with Crippen molar-refractivity contribution in [2.24, 2.45) is 11.8 Å². The minimum absolute atomic E-state index is 0.167. The van der Waals surface area contributed by atoms with Crippen LogP contribution >= 0.6 is 0 Å². The number of amides is 1. The first-order valence-corrected chi connectivity index (χ1v) is 11.7. The summed E-state index contributed by atoms with van der Waals surface area (Å²) in [5.74, 6) is -8.94. The molecule has 0 radical (unpaired) electrons. The van der Waals surface area contributed by atoms with E-state index in [9.17, 15) is 41.0 Å². The third-order valence-electron chi connectivity index (χ3n) is 7.31. The number of nitrogens with one attached hydrogen (secondary N) is 1. The third kappa shape index (κ3) is 5.52. The number of carboxylic acids is 1. The van der Waals surface area contributed by atoms with Gasteiger partial charge in [0.15, 0.2) is 0 Å². The predicted molar refractivity (Wildman–Crippen MR) is 119 cm³/mol. The number of rotatable bonds is 5. The minimum atomic E-state index is -4.75. The maximum absolute atomic E-state index is 14.2. The first-order valence-electron chi connectivity index (χ1n) is 11.7. The molecule has 36 heavy (non-hydrogen) atoms. The van der Waals surface area contributed by atoms with E-state index in [1.165, 1.54) is 0 Å². The molecule has 2 fully saturated rings. The minimum Gasteiger partial charge on any atom is -0.481 e. The van der Waals surface area contributed by atoms with Crippen molar-refractivity contribution in [3.05, 3.63) is 65.0 Å². The summed E-state index contributed by atoms with van der Waals surface area (Å²) in [5, 5.41) is 12.2. The van der Waals surface area contributed by atoms with Gasteiger partial charge in [-0.3, -0.25) is 9.59 Å². The van der Waals surface area contributed by atoms with Crippen molar-refractivity contribution in [1.29, 1.82) is 0 Å². The molecule has 2 aliphatic carbocycles. The molecule has 10 heteroatoms. The van der Waals surface area contributed by atoms with Crippen LogP contribution in [0.2, 0.25) is 0 Å². The number of benzene rings is 2. The van der Waals surface area contributed by atoms with E-state index in [0.29, 0.717) is 30.9 Å². The van der Waals surface area contributed by atoms with Crippen molar-refractivity contribution < 1.29 is 41.0 Å². The van der Waals surface area contributed by atoms with Crippen LogP contribution in [0.25, 0.3) is 0 Å². The van der Waals surface area contributed by atoms with Crippen LogP contribution in [0.3, 0.4) is 0 Å². The largest absolute Gasteiger partial charge is 0.481 e. The van der Waals surface area contributed by atoms with Crippen molar-refractivity contribution in [1.82, 2.24) is 0 Å². The molecule has 0 heterocycles. The zero-order valence-corrected chi connectivity index (χ0v) is 19.1. The molecule has 4 rings (SSSR count). The van der Waals surface area contributed by atoms with Gasteiger partial charge in [0, 0.05) is 12.8 Å². The monoisotopic (exact) mass is 513 g/mol. The summed E-state index contributed by atoms with van der Waals surface area (Å²) in [6.45, 7) is 0. The molecule has 2 aromatic carbocycles. The standard InChI is InChI=1S/C26H25F6NO3/c27-20-12-17(26(30,31)32)8-9-21(20)33-23(34)19-3-1-2-18(22(19)24(35)36)15-6-4-14(5-7-15)16-10-11-25(28,29)13-16/h4-9,12,16,18-19,22H,1-3,10-11,13H2,(H,33,34)(H,35,36)/t16-,18+,19+,22+/m0/s1. The molecule has 0 bridgehead atoms. The number of hydrogen-bond acceptors (Lipinski definition) is 2. The molecule has 2 N–H and O–H groups in total. The fourth-order valence-corrected chi connectivity index (χ4v) is 5.48. The van der Waals surface area contributed by atoms with Gasteiger partial charge < -0.3 is 10.4 Å². The highest BCUT2D eigenvalue weighted by Crippen LogP contribution is 2.46. The number of carboxylic acid groups (broad SMARTS) is 1. The van der Waals surface area contributed by atoms with Crippen molar-refractivity contribution in [2.45, 2.75) is 62.5 Å². The Bertz CT molecular complexity index is 1130. The normalized spacial score (nSPS) is 25.9. The zero-order valence-electron chi connectivity index (χ0n) is 19.1. The first-order chi connectivity index (χ1) is 16.9.